The Balaban J connectivity index is 1.47. The number of carbonyl (C=O) groups is 3. The van der Waals surface area contributed by atoms with Gasteiger partial charge >= 0.3 is 5.97 Å². The molecule has 0 radical (unpaired) electrons. The van der Waals surface area contributed by atoms with Crippen LogP contribution >= 0.6 is 23.5 Å². The number of nitrogens with one attached hydrogen (secondary N) is 1. The first-order valence-electron chi connectivity index (χ1n) is 11.2. The van der Waals surface area contributed by atoms with Crippen LogP contribution in [0, 0.1) is 0 Å². The quantitative estimate of drug-likeness (QED) is 0.318. The maximum absolute atomic E-state index is 12.9. The molecule has 1 aliphatic heterocycles. The van der Waals surface area contributed by atoms with Crippen molar-refractivity contribution in [1.29, 1.82) is 0 Å². The van der Waals surface area contributed by atoms with E-state index in [0.29, 0.717) is 50.6 Å². The topological polar surface area (TPSA) is 103 Å². The van der Waals surface area contributed by atoms with E-state index in [1.165, 1.54) is 16.8 Å². The van der Waals surface area contributed by atoms with Crippen molar-refractivity contribution >= 4 is 57.9 Å². The van der Waals surface area contributed by atoms with Crippen LogP contribution < -0.4 is 9.04 Å². The summed E-state index contributed by atoms with van der Waals surface area (Å²) in [6.07, 6.45) is 4.92. The first-order valence-corrected chi connectivity index (χ1v) is 12.4. The number of rotatable bonds is 8. The van der Waals surface area contributed by atoms with E-state index >= 15 is 0 Å². The number of aromatic nitrogens is 1. The number of H-pyrrole nitrogens is 1. The highest BCUT2D eigenvalue weighted by molar-refractivity contribution is 8.00. The summed E-state index contributed by atoms with van der Waals surface area (Å²) in [5.41, 5.74) is 2.88. The molecule has 0 spiro atoms. The predicted molar refractivity (Wildman–Crippen MR) is 138 cm³/mol. The standard InChI is InChI=1S/C26H22ClN3O5S/c1-35-16-6-8-17(9-7-16)36-30(14-23(31)32)22-11-10-21(27)24-20(22)12-15(28-24)13-29-25(33)18-4-2-3-5-19(18)26(29)34/h2,4,6-12,28H,3,5,13-14H2,1H3,(H,31,32). The number of aromatic amines is 1. The summed E-state index contributed by atoms with van der Waals surface area (Å²) in [7, 11) is 1.58. The molecule has 2 amide bonds. The van der Waals surface area contributed by atoms with Gasteiger partial charge in [0.2, 0.25) is 0 Å². The van der Waals surface area contributed by atoms with Crippen molar-refractivity contribution in [2.24, 2.45) is 0 Å². The number of benzene rings is 2. The number of nitrogens with zero attached hydrogens (tertiary/aromatic N) is 2. The molecule has 2 aliphatic rings. The number of allylic oxidation sites excluding steroid dienone is 1. The number of hydrogen-bond acceptors (Lipinski definition) is 6. The predicted octanol–water partition coefficient (Wildman–Crippen LogP) is 4.94. The van der Waals surface area contributed by atoms with Gasteiger partial charge in [-0.1, -0.05) is 23.8 Å². The number of methoxy groups -OCH3 is 1. The van der Waals surface area contributed by atoms with Crippen LogP contribution in [0.15, 0.2) is 70.7 Å². The molecule has 10 heteroatoms. The van der Waals surface area contributed by atoms with E-state index in [-0.39, 0.29) is 24.9 Å². The minimum absolute atomic E-state index is 0.0630. The van der Waals surface area contributed by atoms with Crippen molar-refractivity contribution < 1.29 is 24.2 Å². The Kier molecular flexibility index (Phi) is 6.51. The third-order valence-corrected chi connectivity index (χ3v) is 7.42. The molecule has 0 bridgehead atoms. The van der Waals surface area contributed by atoms with Crippen LogP contribution in [0.2, 0.25) is 5.02 Å². The van der Waals surface area contributed by atoms with Gasteiger partial charge in [-0.25, -0.2) is 0 Å². The molecule has 8 nitrogen and oxygen atoms in total. The molecule has 1 aromatic heterocycles. The number of ether oxygens (including phenoxy) is 1. The Labute approximate surface area is 216 Å². The van der Waals surface area contributed by atoms with Gasteiger partial charge in [-0.2, -0.15) is 0 Å². The summed E-state index contributed by atoms with van der Waals surface area (Å²) >= 11 is 7.74. The zero-order valence-electron chi connectivity index (χ0n) is 19.3. The summed E-state index contributed by atoms with van der Waals surface area (Å²) in [4.78, 5) is 42.7. The molecule has 0 fully saturated rings. The number of hydrogen-bond donors (Lipinski definition) is 2. The summed E-state index contributed by atoms with van der Waals surface area (Å²) in [5.74, 6) is -0.871. The number of amides is 2. The molecule has 1 aliphatic carbocycles. The van der Waals surface area contributed by atoms with Gasteiger partial charge in [0.05, 0.1) is 29.9 Å². The highest BCUT2D eigenvalue weighted by Gasteiger charge is 2.37. The minimum Gasteiger partial charge on any atom is -0.497 e. The number of carbonyl (C=O) groups excluding carboxylic acids is 2. The lowest BCUT2D eigenvalue weighted by molar-refractivity contribution is -0.138. The van der Waals surface area contributed by atoms with Crippen molar-refractivity contribution in [3.63, 3.8) is 0 Å². The third kappa shape index (κ3) is 4.47. The number of aliphatic carboxylic acids is 1. The van der Waals surface area contributed by atoms with Gasteiger partial charge in [-0.15, -0.1) is 0 Å². The molecule has 2 heterocycles. The average Bonchev–Trinajstić information content (AvgIpc) is 3.40. The Hall–Kier alpha value is -3.69. The number of carboxylic acid groups (broad SMARTS) is 1. The Morgan fingerprint density at radius 2 is 1.97 bits per heavy atom. The molecule has 2 aromatic carbocycles. The normalized spacial score (nSPS) is 15.1. The second kappa shape index (κ2) is 9.75. The minimum atomic E-state index is -0.993. The van der Waals surface area contributed by atoms with Gasteiger partial charge < -0.3 is 19.1 Å². The van der Waals surface area contributed by atoms with Crippen LogP contribution in [-0.4, -0.2) is 46.4 Å². The van der Waals surface area contributed by atoms with Crippen molar-refractivity contribution in [3.8, 4) is 5.75 Å². The van der Waals surface area contributed by atoms with Crippen LogP contribution in [0.3, 0.4) is 0 Å². The van der Waals surface area contributed by atoms with Gasteiger partial charge in [0.25, 0.3) is 11.8 Å². The maximum atomic E-state index is 12.9. The van der Waals surface area contributed by atoms with Gasteiger partial charge in [-0.05, 0) is 67.3 Å². The first-order chi connectivity index (χ1) is 17.4. The summed E-state index contributed by atoms with van der Waals surface area (Å²) in [5, 5.41) is 10.7. The number of carboxylic acids is 1. The molecule has 0 saturated heterocycles. The second-order valence-corrected chi connectivity index (χ2v) is 9.88. The number of anilines is 1. The molecule has 0 atom stereocenters. The third-order valence-electron chi connectivity index (χ3n) is 6.08. The van der Waals surface area contributed by atoms with Crippen LogP contribution in [-0.2, 0) is 20.9 Å². The van der Waals surface area contributed by atoms with E-state index in [2.05, 4.69) is 4.98 Å². The van der Waals surface area contributed by atoms with E-state index in [9.17, 15) is 19.5 Å². The average molecular weight is 524 g/mol. The molecule has 0 saturated carbocycles. The lowest BCUT2D eigenvalue weighted by Gasteiger charge is -2.22. The van der Waals surface area contributed by atoms with Crippen molar-refractivity contribution in [1.82, 2.24) is 9.88 Å². The van der Waals surface area contributed by atoms with E-state index in [0.717, 1.165) is 11.3 Å². The Morgan fingerprint density at radius 1 is 1.19 bits per heavy atom. The maximum Gasteiger partial charge on any atom is 0.324 e. The molecular weight excluding hydrogens is 502 g/mol. The fourth-order valence-corrected chi connectivity index (χ4v) is 5.54. The molecule has 3 aromatic rings. The summed E-state index contributed by atoms with van der Waals surface area (Å²) in [6.45, 7) is -0.201. The van der Waals surface area contributed by atoms with Gasteiger partial charge in [0.15, 0.2) is 0 Å². The van der Waals surface area contributed by atoms with Gasteiger partial charge in [0, 0.05) is 27.1 Å². The van der Waals surface area contributed by atoms with Crippen LogP contribution in [0.4, 0.5) is 5.69 Å². The van der Waals surface area contributed by atoms with Crippen molar-refractivity contribution in [2.45, 2.75) is 24.3 Å². The number of imide groups is 1. The Bertz CT molecular complexity index is 1440. The molecule has 0 unspecified atom stereocenters. The van der Waals surface area contributed by atoms with Crippen molar-refractivity contribution in [2.75, 3.05) is 18.0 Å². The highest BCUT2D eigenvalue weighted by Crippen LogP contribution is 2.38. The van der Waals surface area contributed by atoms with E-state index in [1.807, 2.05) is 24.3 Å². The zero-order valence-corrected chi connectivity index (χ0v) is 20.9. The fourth-order valence-electron chi connectivity index (χ4n) is 4.38. The lowest BCUT2D eigenvalue weighted by atomic mass is 10.00. The zero-order chi connectivity index (χ0) is 25.4. The number of halogens is 1. The summed E-state index contributed by atoms with van der Waals surface area (Å²) < 4.78 is 6.87. The molecule has 5 rings (SSSR count). The lowest BCUT2D eigenvalue weighted by Crippen LogP contribution is -2.31. The fraction of sp³-hybridized carbons (Fsp3) is 0.192. The Morgan fingerprint density at radius 3 is 2.67 bits per heavy atom. The van der Waals surface area contributed by atoms with Crippen LogP contribution in [0.5, 0.6) is 5.75 Å². The SMILES string of the molecule is COc1ccc(SN(CC(=O)O)c2ccc(Cl)c3[nH]c(CN4C(=O)C5=C(CCC=C5)C4=O)cc23)cc1. The molecule has 36 heavy (non-hydrogen) atoms. The smallest absolute Gasteiger partial charge is 0.324 e. The van der Waals surface area contributed by atoms with E-state index in [1.54, 1.807) is 41.8 Å². The largest absolute Gasteiger partial charge is 0.497 e. The van der Waals surface area contributed by atoms with Crippen LogP contribution in [0.25, 0.3) is 10.9 Å². The molecular formula is C26H22ClN3O5S. The van der Waals surface area contributed by atoms with Crippen LogP contribution in [0.1, 0.15) is 18.5 Å². The monoisotopic (exact) mass is 523 g/mol. The highest BCUT2D eigenvalue weighted by atomic mass is 35.5. The van der Waals surface area contributed by atoms with Crippen molar-refractivity contribution in [3.05, 3.63) is 76.5 Å². The number of fused-ring (bicyclic) bond motifs is 1. The summed E-state index contributed by atoms with van der Waals surface area (Å²) in [6, 6.07) is 12.6. The van der Waals surface area contributed by atoms with Gasteiger partial charge in [-0.3, -0.25) is 19.3 Å². The van der Waals surface area contributed by atoms with E-state index in [4.69, 9.17) is 16.3 Å². The second-order valence-electron chi connectivity index (χ2n) is 8.38. The van der Waals surface area contributed by atoms with Gasteiger partial charge in [0.1, 0.15) is 12.3 Å². The first kappa shape index (κ1) is 24.0. The molecule has 184 valence electrons. The molecule has 2 N–H and O–H groups in total. The van der Waals surface area contributed by atoms with E-state index < -0.39 is 5.97 Å².